The summed E-state index contributed by atoms with van der Waals surface area (Å²) in [6.07, 6.45) is 0. The minimum atomic E-state index is -5.83. The van der Waals surface area contributed by atoms with Gasteiger partial charge in [-0.05, 0) is 6.92 Å². The van der Waals surface area contributed by atoms with Gasteiger partial charge < -0.3 is 20.4 Å². The van der Waals surface area contributed by atoms with E-state index >= 15 is 0 Å². The zero-order valence-electron chi connectivity index (χ0n) is 9.56. The normalized spacial score (nSPS) is 12.2. The van der Waals surface area contributed by atoms with Gasteiger partial charge in [0.2, 0.25) is 11.8 Å². The first-order valence-electron chi connectivity index (χ1n) is 4.78. The molecule has 1 heterocycles. The summed E-state index contributed by atoms with van der Waals surface area (Å²) in [5, 5.41) is 0. The molecule has 0 aliphatic rings. The van der Waals surface area contributed by atoms with Crippen LogP contribution in [0.5, 0.6) is 11.8 Å². The van der Waals surface area contributed by atoms with E-state index < -0.39 is 21.5 Å². The van der Waals surface area contributed by atoms with Gasteiger partial charge in [-0.25, -0.2) is 0 Å². The molecule has 0 amide bonds. The van der Waals surface area contributed by atoms with Gasteiger partial charge in [0.05, 0.1) is 12.3 Å². The monoisotopic (exact) mass is 301 g/mol. The van der Waals surface area contributed by atoms with Gasteiger partial charge in [0.25, 0.3) is 0 Å². The molecule has 108 valence electrons. The van der Waals surface area contributed by atoms with Crippen LogP contribution < -0.4 is 20.4 Å². The Labute approximate surface area is 106 Å². The van der Waals surface area contributed by atoms with Crippen LogP contribution in [0.2, 0.25) is 0 Å². The molecular weight excluding hydrogens is 291 g/mol. The van der Waals surface area contributed by atoms with Gasteiger partial charge in [-0.3, -0.25) is 0 Å². The number of halogens is 3. The second kappa shape index (κ2) is 4.99. The summed E-state index contributed by atoms with van der Waals surface area (Å²) < 4.78 is 66.6. The van der Waals surface area contributed by atoms with E-state index in [2.05, 4.69) is 9.17 Å². The molecule has 11 heteroatoms. The van der Waals surface area contributed by atoms with Crippen LogP contribution in [0.15, 0.2) is 6.07 Å². The van der Waals surface area contributed by atoms with Gasteiger partial charge in [0.15, 0.2) is 0 Å². The van der Waals surface area contributed by atoms with Crippen LogP contribution in [-0.2, 0) is 10.1 Å². The van der Waals surface area contributed by atoms with Gasteiger partial charge in [-0.1, -0.05) is 0 Å². The number of nitrogens with two attached hydrogens (primary N) is 2. The standard InChI is InChI=1S/C8H10F3N3O4S/c1-2-17-7-6(13)4(12)3-5(14-7)18-19(15,16)8(9,10)11/h3H,2,13H2,1H3,(H2,12,14). The number of pyridine rings is 1. The number of rotatable bonds is 4. The van der Waals surface area contributed by atoms with Crippen LogP contribution >= 0.6 is 0 Å². The average molecular weight is 301 g/mol. The zero-order valence-corrected chi connectivity index (χ0v) is 10.4. The number of ether oxygens (including phenoxy) is 1. The lowest BCUT2D eigenvalue weighted by Crippen LogP contribution is -2.28. The van der Waals surface area contributed by atoms with E-state index in [1.54, 1.807) is 6.92 Å². The van der Waals surface area contributed by atoms with Crippen molar-refractivity contribution < 1.29 is 30.5 Å². The third-order valence-corrected chi connectivity index (χ3v) is 2.75. The fourth-order valence-corrected chi connectivity index (χ4v) is 1.38. The lowest BCUT2D eigenvalue weighted by Gasteiger charge is -2.12. The maximum Gasteiger partial charge on any atom is 0.534 e. The van der Waals surface area contributed by atoms with Crippen molar-refractivity contribution in [2.24, 2.45) is 0 Å². The lowest BCUT2D eigenvalue weighted by molar-refractivity contribution is -0.0501. The third kappa shape index (κ3) is 3.30. The molecule has 19 heavy (non-hydrogen) atoms. The van der Waals surface area contributed by atoms with Crippen LogP contribution in [-0.4, -0.2) is 25.5 Å². The number of hydrogen-bond acceptors (Lipinski definition) is 7. The number of alkyl halides is 3. The van der Waals surface area contributed by atoms with Crippen molar-refractivity contribution in [1.82, 2.24) is 4.98 Å². The quantitative estimate of drug-likeness (QED) is 0.626. The molecule has 0 atom stereocenters. The lowest BCUT2D eigenvalue weighted by atomic mass is 10.3. The Morgan fingerprint density at radius 1 is 1.37 bits per heavy atom. The third-order valence-electron chi connectivity index (χ3n) is 1.79. The average Bonchev–Trinajstić information content (AvgIpc) is 2.23. The molecular formula is C8H10F3N3O4S. The summed E-state index contributed by atoms with van der Waals surface area (Å²) in [6.45, 7) is 1.67. The second-order valence-corrected chi connectivity index (χ2v) is 4.72. The van der Waals surface area contributed by atoms with Crippen molar-refractivity contribution >= 4 is 21.5 Å². The SMILES string of the molecule is CCOc1nc(OS(=O)(=O)C(F)(F)F)cc(N)c1N. The first-order chi connectivity index (χ1) is 8.58. The van der Waals surface area contributed by atoms with Gasteiger partial charge in [0.1, 0.15) is 5.69 Å². The molecule has 1 rings (SSSR count). The van der Waals surface area contributed by atoms with Crippen molar-refractivity contribution in [2.45, 2.75) is 12.4 Å². The second-order valence-electron chi connectivity index (χ2n) is 3.18. The van der Waals surface area contributed by atoms with Crippen LogP contribution in [0, 0.1) is 0 Å². The Balaban J connectivity index is 3.17. The van der Waals surface area contributed by atoms with Crippen molar-refractivity contribution in [3.05, 3.63) is 6.07 Å². The fraction of sp³-hybridized carbons (Fsp3) is 0.375. The largest absolute Gasteiger partial charge is 0.534 e. The fourth-order valence-electron chi connectivity index (χ4n) is 0.976. The molecule has 0 radical (unpaired) electrons. The van der Waals surface area contributed by atoms with Crippen LogP contribution in [0.1, 0.15) is 6.92 Å². The van der Waals surface area contributed by atoms with Crippen LogP contribution in [0.25, 0.3) is 0 Å². The van der Waals surface area contributed by atoms with E-state index in [4.69, 9.17) is 16.2 Å². The van der Waals surface area contributed by atoms with Gasteiger partial charge >= 0.3 is 15.6 Å². The summed E-state index contributed by atoms with van der Waals surface area (Å²) >= 11 is 0. The molecule has 0 unspecified atom stereocenters. The molecule has 0 aliphatic heterocycles. The first kappa shape index (κ1) is 15.1. The molecule has 0 saturated heterocycles. The predicted octanol–water partition coefficient (Wildman–Crippen LogP) is 0.873. The molecule has 1 aromatic heterocycles. The Bertz CT molecular complexity index is 573. The van der Waals surface area contributed by atoms with E-state index in [9.17, 15) is 21.6 Å². The number of anilines is 2. The van der Waals surface area contributed by atoms with Crippen LogP contribution in [0.3, 0.4) is 0 Å². The van der Waals surface area contributed by atoms with Gasteiger partial charge in [-0.15, -0.1) is 0 Å². The zero-order chi connectivity index (χ0) is 14.8. The van der Waals surface area contributed by atoms with E-state index in [-0.39, 0.29) is 23.9 Å². The van der Waals surface area contributed by atoms with Gasteiger partial charge in [0, 0.05) is 6.07 Å². The Morgan fingerprint density at radius 3 is 2.42 bits per heavy atom. The summed E-state index contributed by atoms with van der Waals surface area (Å²) in [5.74, 6) is -1.19. The summed E-state index contributed by atoms with van der Waals surface area (Å²) in [7, 11) is -5.83. The minimum absolute atomic E-state index is 0.103. The number of aromatic nitrogens is 1. The van der Waals surface area contributed by atoms with E-state index in [0.717, 1.165) is 6.07 Å². The Morgan fingerprint density at radius 2 is 1.95 bits per heavy atom. The predicted molar refractivity (Wildman–Crippen MR) is 59.8 cm³/mol. The van der Waals surface area contributed by atoms with E-state index in [0.29, 0.717) is 0 Å². The highest BCUT2D eigenvalue weighted by atomic mass is 32.2. The molecule has 1 aromatic rings. The Kier molecular flexibility index (Phi) is 3.98. The summed E-state index contributed by atoms with van der Waals surface area (Å²) in [6, 6.07) is 0.751. The maximum atomic E-state index is 12.1. The highest BCUT2D eigenvalue weighted by molar-refractivity contribution is 7.87. The molecule has 0 saturated carbocycles. The topological polar surface area (TPSA) is 118 Å². The van der Waals surface area contributed by atoms with Gasteiger partial charge in [-0.2, -0.15) is 26.6 Å². The number of hydrogen-bond donors (Lipinski definition) is 2. The molecule has 0 bridgehead atoms. The molecule has 7 nitrogen and oxygen atoms in total. The smallest absolute Gasteiger partial charge is 0.476 e. The van der Waals surface area contributed by atoms with E-state index in [1.165, 1.54) is 0 Å². The van der Waals surface area contributed by atoms with Crippen molar-refractivity contribution in [3.63, 3.8) is 0 Å². The summed E-state index contributed by atoms with van der Waals surface area (Å²) in [5.41, 5.74) is 4.91. The van der Waals surface area contributed by atoms with Crippen LogP contribution in [0.4, 0.5) is 24.5 Å². The molecule has 0 aromatic carbocycles. The van der Waals surface area contributed by atoms with Crippen molar-refractivity contribution in [1.29, 1.82) is 0 Å². The number of nitrogens with zero attached hydrogens (tertiary/aromatic N) is 1. The molecule has 0 aliphatic carbocycles. The first-order valence-corrected chi connectivity index (χ1v) is 6.19. The minimum Gasteiger partial charge on any atom is -0.476 e. The Hall–Kier alpha value is -1.91. The summed E-state index contributed by atoms with van der Waals surface area (Å²) in [4.78, 5) is 3.39. The van der Waals surface area contributed by atoms with E-state index in [1.807, 2.05) is 0 Å². The van der Waals surface area contributed by atoms with Crippen molar-refractivity contribution in [2.75, 3.05) is 18.1 Å². The highest BCUT2D eigenvalue weighted by Crippen LogP contribution is 2.32. The maximum absolute atomic E-state index is 12.1. The molecule has 0 fully saturated rings. The van der Waals surface area contributed by atoms with Crippen molar-refractivity contribution in [3.8, 4) is 11.8 Å². The highest BCUT2D eigenvalue weighted by Gasteiger charge is 2.49. The molecule has 0 spiro atoms. The molecule has 4 N–H and O–H groups in total. The number of nitrogen functional groups attached to an aromatic ring is 2.